The summed E-state index contributed by atoms with van der Waals surface area (Å²) in [5.74, 6) is 0.174. The van der Waals surface area contributed by atoms with Gasteiger partial charge in [0, 0.05) is 12.3 Å². The first kappa shape index (κ1) is 33.6. The molecule has 3 rings (SSSR count). The summed E-state index contributed by atoms with van der Waals surface area (Å²) in [5.41, 5.74) is 1.60. The Morgan fingerprint density at radius 3 is 2.20 bits per heavy atom. The van der Waals surface area contributed by atoms with Crippen LogP contribution in [0.5, 0.6) is 0 Å². The fourth-order valence-electron chi connectivity index (χ4n) is 4.93. The van der Waals surface area contributed by atoms with Gasteiger partial charge in [0.2, 0.25) is 10.0 Å². The Kier molecular flexibility index (Phi) is 14.1. The molecule has 0 amide bonds. The summed E-state index contributed by atoms with van der Waals surface area (Å²) in [4.78, 5) is 17.7. The second kappa shape index (κ2) is 17.2. The van der Waals surface area contributed by atoms with E-state index < -0.39 is 22.0 Å². The lowest BCUT2D eigenvalue weighted by Gasteiger charge is -2.31. The van der Waals surface area contributed by atoms with Crippen LogP contribution in [-0.2, 0) is 26.1 Å². The summed E-state index contributed by atoms with van der Waals surface area (Å²) in [7, 11) is -2.72. The average molecular weight is 619 g/mol. The maximum atomic E-state index is 14.0. The highest BCUT2D eigenvalue weighted by Crippen LogP contribution is 2.33. The molecule has 0 bridgehead atoms. The molecule has 0 aliphatic heterocycles. The van der Waals surface area contributed by atoms with Gasteiger partial charge in [-0.25, -0.2) is 13.4 Å². The van der Waals surface area contributed by atoms with E-state index in [1.807, 2.05) is 44.2 Å². The highest BCUT2D eigenvalue weighted by atomic mass is 32.2. The Bertz CT molecular complexity index is 1310. The second-order valence-electron chi connectivity index (χ2n) is 10.9. The molecule has 6 nitrogen and oxygen atoms in total. The van der Waals surface area contributed by atoms with E-state index in [0.29, 0.717) is 0 Å². The van der Waals surface area contributed by atoms with Crippen LogP contribution in [0.25, 0.3) is 10.2 Å². The van der Waals surface area contributed by atoms with Gasteiger partial charge in [0.05, 0.1) is 22.2 Å². The summed E-state index contributed by atoms with van der Waals surface area (Å²) in [5, 5.41) is 0. The molecule has 1 aromatic heterocycles. The predicted molar refractivity (Wildman–Crippen MR) is 172 cm³/mol. The first-order valence-electron chi connectivity index (χ1n) is 14.9. The zero-order valence-electron chi connectivity index (χ0n) is 25.0. The largest absolute Gasteiger partial charge is 0.468 e. The smallest absolute Gasteiger partial charge is 0.324 e. The molecule has 0 aliphatic carbocycles. The molecule has 2 aromatic carbocycles. The van der Waals surface area contributed by atoms with Crippen molar-refractivity contribution >= 4 is 49.3 Å². The number of carbonyl (C=O) groups is 1. The number of rotatable bonds is 19. The normalized spacial score (nSPS) is 12.8. The van der Waals surface area contributed by atoms with Crippen LogP contribution in [0.2, 0.25) is 0 Å². The molecule has 0 fully saturated rings. The van der Waals surface area contributed by atoms with E-state index in [1.165, 1.54) is 80.5 Å². The van der Waals surface area contributed by atoms with E-state index in [2.05, 4.69) is 6.92 Å². The number of hydrogen-bond donors (Lipinski definition) is 0. The number of thiazole rings is 1. The number of hydrogen-bond acceptors (Lipinski definition) is 7. The number of nitrogens with zero attached hydrogens (tertiary/aromatic N) is 2. The minimum atomic E-state index is -4.02. The molecule has 1 atom stereocenters. The lowest BCUT2D eigenvalue weighted by atomic mass is 10.0. The van der Waals surface area contributed by atoms with E-state index in [-0.39, 0.29) is 17.4 Å². The number of fused-ring (bicyclic) bond motifs is 1. The van der Waals surface area contributed by atoms with E-state index >= 15 is 0 Å². The fourth-order valence-corrected chi connectivity index (χ4v) is 8.91. The van der Waals surface area contributed by atoms with Crippen molar-refractivity contribution in [3.05, 3.63) is 54.1 Å². The van der Waals surface area contributed by atoms with Crippen molar-refractivity contribution < 1.29 is 17.9 Å². The molecule has 0 radical (unpaired) electrons. The number of sulfonamides is 1. The van der Waals surface area contributed by atoms with E-state index in [9.17, 15) is 13.2 Å². The Labute approximate surface area is 255 Å². The van der Waals surface area contributed by atoms with Gasteiger partial charge in [0.1, 0.15) is 6.04 Å². The summed E-state index contributed by atoms with van der Waals surface area (Å²) >= 11 is 3.27. The van der Waals surface area contributed by atoms with Crippen molar-refractivity contribution in [2.24, 2.45) is 5.92 Å². The molecule has 0 spiro atoms. The quantitative estimate of drug-likeness (QED) is 0.0760. The van der Waals surface area contributed by atoms with Gasteiger partial charge in [0.25, 0.3) is 0 Å². The van der Waals surface area contributed by atoms with E-state index in [0.717, 1.165) is 32.3 Å². The van der Waals surface area contributed by atoms with Crippen LogP contribution in [0.1, 0.15) is 90.5 Å². The van der Waals surface area contributed by atoms with Crippen LogP contribution in [0.15, 0.2) is 57.8 Å². The minimum Gasteiger partial charge on any atom is -0.468 e. The second-order valence-corrected chi connectivity index (χ2v) is 15.2. The highest BCUT2D eigenvalue weighted by Gasteiger charge is 2.39. The van der Waals surface area contributed by atoms with Crippen molar-refractivity contribution in [3.63, 3.8) is 0 Å². The Hall–Kier alpha value is -1.94. The molecule has 0 unspecified atom stereocenters. The van der Waals surface area contributed by atoms with Crippen LogP contribution in [0, 0.1) is 5.92 Å². The van der Waals surface area contributed by atoms with Gasteiger partial charge in [-0.05, 0) is 36.1 Å². The molecule has 226 valence electrons. The summed E-state index contributed by atoms with van der Waals surface area (Å²) in [6.07, 6.45) is 13.1. The first-order chi connectivity index (χ1) is 19.8. The highest BCUT2D eigenvalue weighted by molar-refractivity contribution is 8.01. The lowest BCUT2D eigenvalue weighted by Crippen LogP contribution is -2.48. The Morgan fingerprint density at radius 1 is 0.951 bits per heavy atom. The minimum absolute atomic E-state index is 0.0712. The van der Waals surface area contributed by atoms with Crippen LogP contribution in [0.4, 0.5) is 0 Å². The van der Waals surface area contributed by atoms with Crippen molar-refractivity contribution in [1.29, 1.82) is 0 Å². The SMILES string of the molecule is CCCCCCCCCCCCSc1nc2ccc(S(=O)(=O)N(Cc3ccccc3)[C@@H](C(=O)OC)C(C)C)cc2s1. The number of carbonyl (C=O) groups excluding carboxylic acids is 1. The molecule has 41 heavy (non-hydrogen) atoms. The molecule has 0 N–H and O–H groups in total. The van der Waals surface area contributed by atoms with E-state index in [4.69, 9.17) is 9.72 Å². The van der Waals surface area contributed by atoms with Gasteiger partial charge >= 0.3 is 5.97 Å². The van der Waals surface area contributed by atoms with Crippen molar-refractivity contribution in [1.82, 2.24) is 9.29 Å². The number of unbranched alkanes of at least 4 members (excludes halogenated alkanes) is 9. The molecule has 0 aliphatic rings. The van der Waals surface area contributed by atoms with Crippen LogP contribution in [0.3, 0.4) is 0 Å². The third-order valence-corrected chi connectivity index (χ3v) is 11.3. The van der Waals surface area contributed by atoms with Gasteiger partial charge in [0.15, 0.2) is 4.34 Å². The zero-order valence-corrected chi connectivity index (χ0v) is 27.5. The van der Waals surface area contributed by atoms with Gasteiger partial charge in [-0.15, -0.1) is 11.3 Å². The molecular weight excluding hydrogens is 573 g/mol. The maximum absolute atomic E-state index is 14.0. The van der Waals surface area contributed by atoms with Gasteiger partial charge < -0.3 is 4.74 Å². The van der Waals surface area contributed by atoms with Crippen LogP contribution < -0.4 is 0 Å². The Balaban J connectivity index is 1.66. The molecule has 9 heteroatoms. The predicted octanol–water partition coefficient (Wildman–Crippen LogP) is 8.70. The summed E-state index contributed by atoms with van der Waals surface area (Å²) in [6.45, 7) is 5.99. The number of thioether (sulfide) groups is 1. The third-order valence-electron chi connectivity index (χ3n) is 7.24. The van der Waals surface area contributed by atoms with Crippen molar-refractivity contribution in [2.45, 2.75) is 107 Å². The first-order valence-corrected chi connectivity index (χ1v) is 18.2. The number of aromatic nitrogens is 1. The van der Waals surface area contributed by atoms with Crippen LogP contribution >= 0.6 is 23.1 Å². The van der Waals surface area contributed by atoms with Gasteiger partial charge in [-0.1, -0.05) is 121 Å². The lowest BCUT2D eigenvalue weighted by molar-refractivity contribution is -0.146. The fraction of sp³-hybridized carbons (Fsp3) is 0.562. The van der Waals surface area contributed by atoms with E-state index in [1.54, 1.807) is 30.0 Å². The standard InChI is InChI=1S/C32H46N2O4S3/c1-5-6-7-8-9-10-11-12-13-17-22-39-32-33-28-21-20-27(23-29(28)40-32)41(36,37)34(24-26-18-15-14-16-19-26)30(25(2)3)31(35)38-4/h14-16,18-21,23,25,30H,5-13,17,22,24H2,1-4H3/t30-/m1/s1. The molecule has 1 heterocycles. The average Bonchev–Trinajstić information content (AvgIpc) is 3.38. The Morgan fingerprint density at radius 2 is 1.59 bits per heavy atom. The number of esters is 1. The van der Waals surface area contributed by atoms with Crippen molar-refractivity contribution in [2.75, 3.05) is 12.9 Å². The third kappa shape index (κ3) is 10.1. The summed E-state index contributed by atoms with van der Waals surface area (Å²) in [6, 6.07) is 13.4. The molecule has 0 saturated heterocycles. The molecule has 0 saturated carbocycles. The number of benzene rings is 2. The monoisotopic (exact) mass is 618 g/mol. The zero-order chi connectivity index (χ0) is 29.7. The maximum Gasteiger partial charge on any atom is 0.324 e. The summed E-state index contributed by atoms with van der Waals surface area (Å²) < 4.78 is 36.2. The number of methoxy groups -OCH3 is 1. The van der Waals surface area contributed by atoms with Gasteiger partial charge in [-0.3, -0.25) is 4.79 Å². The van der Waals surface area contributed by atoms with Crippen molar-refractivity contribution in [3.8, 4) is 0 Å². The molecular formula is C32H46N2O4S3. The van der Waals surface area contributed by atoms with Crippen LogP contribution in [-0.4, -0.2) is 42.6 Å². The topological polar surface area (TPSA) is 76.6 Å². The number of ether oxygens (including phenoxy) is 1. The van der Waals surface area contributed by atoms with Gasteiger partial charge in [-0.2, -0.15) is 4.31 Å². The molecule has 3 aromatic rings.